The first-order valence-corrected chi connectivity index (χ1v) is 6.07. The van der Waals surface area contributed by atoms with E-state index in [9.17, 15) is 10.0 Å². The van der Waals surface area contributed by atoms with Gasteiger partial charge >= 0.3 is 5.91 Å². The highest BCUT2D eigenvalue weighted by Crippen LogP contribution is 2.07. The van der Waals surface area contributed by atoms with Crippen LogP contribution in [0.1, 0.15) is 21.6 Å². The summed E-state index contributed by atoms with van der Waals surface area (Å²) in [6.45, 7) is 2.50. The standard InChI is InChI=1S/C15H16N2O2/c1-12-6-8-13(9-7-12)11-16(2)15(18)14-5-3-4-10-17(14)19/h3-10H,11H2,1-2H3. The van der Waals surface area contributed by atoms with E-state index in [1.807, 2.05) is 31.2 Å². The SMILES string of the molecule is Cc1ccc(CN(C)C(=O)c2cccc[n+]2[O-])cc1. The van der Waals surface area contributed by atoms with Gasteiger partial charge in [-0.1, -0.05) is 29.8 Å². The topological polar surface area (TPSA) is 47.2 Å². The molecule has 2 aromatic rings. The van der Waals surface area contributed by atoms with Gasteiger partial charge in [-0.2, -0.15) is 4.73 Å². The van der Waals surface area contributed by atoms with Crippen LogP contribution in [0.4, 0.5) is 0 Å². The second kappa shape index (κ2) is 5.52. The molecule has 1 aromatic carbocycles. The fourth-order valence-corrected chi connectivity index (χ4v) is 1.83. The second-order valence-electron chi connectivity index (χ2n) is 4.56. The van der Waals surface area contributed by atoms with E-state index < -0.39 is 0 Å². The predicted octanol–water partition coefficient (Wildman–Crippen LogP) is 1.90. The zero-order valence-corrected chi connectivity index (χ0v) is 11.0. The third-order valence-corrected chi connectivity index (χ3v) is 2.93. The highest BCUT2D eigenvalue weighted by Gasteiger charge is 2.19. The van der Waals surface area contributed by atoms with Crippen LogP contribution >= 0.6 is 0 Å². The lowest BCUT2D eigenvalue weighted by Crippen LogP contribution is -2.39. The van der Waals surface area contributed by atoms with Crippen molar-refractivity contribution in [2.45, 2.75) is 13.5 Å². The van der Waals surface area contributed by atoms with Crippen molar-refractivity contribution < 1.29 is 9.52 Å². The van der Waals surface area contributed by atoms with Crippen LogP contribution in [-0.4, -0.2) is 17.9 Å². The van der Waals surface area contributed by atoms with Crippen molar-refractivity contribution in [2.24, 2.45) is 0 Å². The van der Waals surface area contributed by atoms with Crippen LogP contribution in [-0.2, 0) is 6.54 Å². The number of aryl methyl sites for hydroxylation is 1. The Kier molecular flexibility index (Phi) is 3.80. The molecular formula is C15H16N2O2. The summed E-state index contributed by atoms with van der Waals surface area (Å²) in [5.74, 6) is -0.281. The van der Waals surface area contributed by atoms with Gasteiger partial charge in [-0.05, 0) is 18.6 Å². The van der Waals surface area contributed by atoms with Crippen LogP contribution in [0.15, 0.2) is 48.7 Å². The Labute approximate surface area is 112 Å². The summed E-state index contributed by atoms with van der Waals surface area (Å²) in [5, 5.41) is 11.5. The summed E-state index contributed by atoms with van der Waals surface area (Å²) >= 11 is 0. The zero-order valence-electron chi connectivity index (χ0n) is 11.0. The van der Waals surface area contributed by atoms with Crippen LogP contribution in [0.2, 0.25) is 0 Å². The summed E-state index contributed by atoms with van der Waals surface area (Å²) in [6, 6.07) is 12.8. The molecule has 4 nitrogen and oxygen atoms in total. The van der Waals surface area contributed by atoms with E-state index >= 15 is 0 Å². The van der Waals surface area contributed by atoms with Gasteiger partial charge in [0.1, 0.15) is 0 Å². The first-order chi connectivity index (χ1) is 9.08. The molecule has 0 aliphatic heterocycles. The van der Waals surface area contributed by atoms with E-state index in [0.717, 1.165) is 5.56 Å². The number of aromatic nitrogens is 1. The Morgan fingerprint density at radius 2 is 1.89 bits per heavy atom. The van der Waals surface area contributed by atoms with Gasteiger partial charge in [-0.15, -0.1) is 0 Å². The van der Waals surface area contributed by atoms with Crippen molar-refractivity contribution in [3.05, 3.63) is 70.7 Å². The first-order valence-electron chi connectivity index (χ1n) is 6.07. The number of pyridine rings is 1. The molecule has 0 fully saturated rings. The average molecular weight is 256 g/mol. The molecule has 2 rings (SSSR count). The molecule has 98 valence electrons. The molecule has 0 saturated heterocycles. The van der Waals surface area contributed by atoms with E-state index in [4.69, 9.17) is 0 Å². The fourth-order valence-electron chi connectivity index (χ4n) is 1.83. The molecular weight excluding hydrogens is 240 g/mol. The average Bonchev–Trinajstić information content (AvgIpc) is 2.41. The van der Waals surface area contributed by atoms with E-state index in [1.165, 1.54) is 22.7 Å². The van der Waals surface area contributed by atoms with Crippen LogP contribution in [0.5, 0.6) is 0 Å². The van der Waals surface area contributed by atoms with Gasteiger partial charge in [0.05, 0.1) is 0 Å². The van der Waals surface area contributed by atoms with Crippen LogP contribution in [0, 0.1) is 12.1 Å². The van der Waals surface area contributed by atoms with Gasteiger partial charge in [0, 0.05) is 25.7 Å². The van der Waals surface area contributed by atoms with Crippen LogP contribution in [0.25, 0.3) is 0 Å². The fraction of sp³-hybridized carbons (Fsp3) is 0.200. The Morgan fingerprint density at radius 1 is 1.21 bits per heavy atom. The lowest BCUT2D eigenvalue weighted by molar-refractivity contribution is -0.608. The third kappa shape index (κ3) is 3.10. The number of amides is 1. The van der Waals surface area contributed by atoms with Crippen molar-refractivity contribution in [3.8, 4) is 0 Å². The van der Waals surface area contributed by atoms with Gasteiger partial charge in [0.25, 0.3) is 5.69 Å². The van der Waals surface area contributed by atoms with Crippen molar-refractivity contribution in [1.29, 1.82) is 0 Å². The molecule has 1 aromatic heterocycles. The minimum atomic E-state index is -0.281. The molecule has 0 aliphatic carbocycles. The van der Waals surface area contributed by atoms with E-state index in [1.54, 1.807) is 19.2 Å². The Morgan fingerprint density at radius 3 is 2.53 bits per heavy atom. The maximum Gasteiger partial charge on any atom is 0.320 e. The maximum absolute atomic E-state index is 12.1. The normalized spacial score (nSPS) is 10.2. The maximum atomic E-state index is 12.1. The molecule has 0 unspecified atom stereocenters. The zero-order chi connectivity index (χ0) is 13.8. The van der Waals surface area contributed by atoms with E-state index in [2.05, 4.69) is 0 Å². The van der Waals surface area contributed by atoms with Gasteiger partial charge in [-0.25, -0.2) is 0 Å². The number of carbonyl (C=O) groups excluding carboxylic acids is 1. The number of benzene rings is 1. The van der Waals surface area contributed by atoms with Gasteiger partial charge in [-0.3, -0.25) is 4.79 Å². The molecule has 1 amide bonds. The monoisotopic (exact) mass is 256 g/mol. The molecule has 0 atom stereocenters. The second-order valence-corrected chi connectivity index (χ2v) is 4.56. The number of hydrogen-bond donors (Lipinski definition) is 0. The molecule has 1 heterocycles. The van der Waals surface area contributed by atoms with E-state index in [0.29, 0.717) is 11.3 Å². The van der Waals surface area contributed by atoms with Crippen molar-refractivity contribution >= 4 is 5.91 Å². The van der Waals surface area contributed by atoms with Gasteiger partial charge < -0.3 is 10.1 Å². The molecule has 0 aliphatic rings. The first kappa shape index (κ1) is 13.1. The largest absolute Gasteiger partial charge is 0.618 e. The van der Waals surface area contributed by atoms with E-state index in [-0.39, 0.29) is 11.6 Å². The number of hydrogen-bond acceptors (Lipinski definition) is 2. The number of nitrogens with zero attached hydrogens (tertiary/aromatic N) is 2. The van der Waals surface area contributed by atoms with Crippen molar-refractivity contribution in [2.75, 3.05) is 7.05 Å². The minimum absolute atomic E-state index is 0.136. The van der Waals surface area contributed by atoms with Crippen molar-refractivity contribution in [1.82, 2.24) is 4.90 Å². The van der Waals surface area contributed by atoms with Crippen LogP contribution in [0.3, 0.4) is 0 Å². The lowest BCUT2D eigenvalue weighted by Gasteiger charge is -2.16. The number of rotatable bonds is 3. The highest BCUT2D eigenvalue weighted by molar-refractivity contribution is 5.90. The molecule has 19 heavy (non-hydrogen) atoms. The number of carbonyl (C=O) groups is 1. The Balaban J connectivity index is 2.12. The van der Waals surface area contributed by atoms with Gasteiger partial charge in [0.2, 0.25) is 0 Å². The third-order valence-electron chi connectivity index (χ3n) is 2.93. The molecule has 0 N–H and O–H groups in total. The lowest BCUT2D eigenvalue weighted by atomic mass is 10.1. The smallest absolute Gasteiger partial charge is 0.320 e. The van der Waals surface area contributed by atoms with Crippen molar-refractivity contribution in [3.63, 3.8) is 0 Å². The molecule has 0 bridgehead atoms. The van der Waals surface area contributed by atoms with Crippen LogP contribution < -0.4 is 4.73 Å². The molecule has 0 spiro atoms. The summed E-state index contributed by atoms with van der Waals surface area (Å²) in [4.78, 5) is 13.7. The summed E-state index contributed by atoms with van der Waals surface area (Å²) in [7, 11) is 1.69. The Hall–Kier alpha value is -2.36. The summed E-state index contributed by atoms with van der Waals surface area (Å²) in [6.07, 6.45) is 1.33. The quantitative estimate of drug-likeness (QED) is 0.622. The predicted molar refractivity (Wildman–Crippen MR) is 72.4 cm³/mol. The highest BCUT2D eigenvalue weighted by atomic mass is 16.5. The molecule has 0 saturated carbocycles. The van der Waals surface area contributed by atoms with Gasteiger partial charge in [0.15, 0.2) is 6.20 Å². The Bertz CT molecular complexity index is 579. The molecule has 4 heteroatoms. The summed E-state index contributed by atoms with van der Waals surface area (Å²) < 4.78 is 0.591. The summed E-state index contributed by atoms with van der Waals surface area (Å²) in [5.41, 5.74) is 2.35. The molecule has 0 radical (unpaired) electrons. The minimum Gasteiger partial charge on any atom is -0.618 e.